The maximum Gasteiger partial charge on any atom is 0.305 e. The predicted octanol–water partition coefficient (Wildman–Crippen LogP) is 2.52. The quantitative estimate of drug-likeness (QED) is 0.620. The molecule has 22 heavy (non-hydrogen) atoms. The fraction of sp³-hybridized carbons (Fsp3) is 0.467. The zero-order valence-electron chi connectivity index (χ0n) is 13.0. The summed E-state index contributed by atoms with van der Waals surface area (Å²) in [6, 6.07) is 4.09. The van der Waals surface area contributed by atoms with Gasteiger partial charge in [0.25, 0.3) is 11.6 Å². The molecule has 7 heteroatoms. The Morgan fingerprint density at radius 1 is 1.36 bits per heavy atom. The molecular formula is C15H20N2O5. The van der Waals surface area contributed by atoms with E-state index in [1.807, 2.05) is 13.8 Å². The molecule has 0 aliphatic rings. The Morgan fingerprint density at radius 3 is 2.41 bits per heavy atom. The SMILES string of the molecule is Cc1cc(C(=O)NC(C)(CC(=O)O)C(C)C)cc([N+](=O)[O-])c1. The number of carboxylic acid groups (broad SMARTS) is 1. The molecule has 1 rings (SSSR count). The van der Waals surface area contributed by atoms with E-state index in [4.69, 9.17) is 5.11 Å². The summed E-state index contributed by atoms with van der Waals surface area (Å²) in [4.78, 5) is 33.6. The molecule has 0 aliphatic heterocycles. The smallest absolute Gasteiger partial charge is 0.305 e. The lowest BCUT2D eigenvalue weighted by Gasteiger charge is -2.33. The Kier molecular flexibility index (Phi) is 5.24. The summed E-state index contributed by atoms with van der Waals surface area (Å²) in [5, 5.41) is 22.6. The van der Waals surface area contributed by atoms with Gasteiger partial charge in [0.05, 0.1) is 16.9 Å². The normalized spacial score (nSPS) is 13.5. The van der Waals surface area contributed by atoms with Gasteiger partial charge in [-0.2, -0.15) is 0 Å². The van der Waals surface area contributed by atoms with E-state index in [9.17, 15) is 19.7 Å². The molecular weight excluding hydrogens is 288 g/mol. The lowest BCUT2D eigenvalue weighted by atomic mass is 9.85. The van der Waals surface area contributed by atoms with Gasteiger partial charge in [-0.25, -0.2) is 0 Å². The largest absolute Gasteiger partial charge is 0.481 e. The molecule has 0 spiro atoms. The number of carbonyl (C=O) groups is 2. The van der Waals surface area contributed by atoms with E-state index in [-0.39, 0.29) is 23.6 Å². The van der Waals surface area contributed by atoms with Crippen molar-refractivity contribution in [3.05, 3.63) is 39.4 Å². The zero-order valence-corrected chi connectivity index (χ0v) is 13.0. The van der Waals surface area contributed by atoms with Crippen molar-refractivity contribution in [2.45, 2.75) is 39.7 Å². The van der Waals surface area contributed by atoms with Crippen LogP contribution >= 0.6 is 0 Å². The van der Waals surface area contributed by atoms with E-state index in [0.717, 1.165) is 0 Å². The molecule has 1 atom stereocenters. The molecule has 1 aromatic carbocycles. The number of rotatable bonds is 6. The molecule has 0 saturated carbocycles. The summed E-state index contributed by atoms with van der Waals surface area (Å²) in [7, 11) is 0. The maximum absolute atomic E-state index is 12.3. The highest BCUT2D eigenvalue weighted by molar-refractivity contribution is 5.95. The van der Waals surface area contributed by atoms with Gasteiger partial charge in [-0.1, -0.05) is 13.8 Å². The van der Waals surface area contributed by atoms with Crippen molar-refractivity contribution in [3.8, 4) is 0 Å². The second kappa shape index (κ2) is 6.55. The highest BCUT2D eigenvalue weighted by Crippen LogP contribution is 2.23. The average Bonchev–Trinajstić information content (AvgIpc) is 2.36. The second-order valence-electron chi connectivity index (χ2n) is 5.91. The lowest BCUT2D eigenvalue weighted by Crippen LogP contribution is -2.51. The molecule has 0 aromatic heterocycles. The molecule has 0 fully saturated rings. The summed E-state index contributed by atoms with van der Waals surface area (Å²) >= 11 is 0. The Morgan fingerprint density at radius 2 is 1.95 bits per heavy atom. The summed E-state index contributed by atoms with van der Waals surface area (Å²) in [6.45, 7) is 6.92. The van der Waals surface area contributed by atoms with Crippen LogP contribution in [0.15, 0.2) is 18.2 Å². The Hall–Kier alpha value is -2.44. The summed E-state index contributed by atoms with van der Waals surface area (Å²) < 4.78 is 0. The third kappa shape index (κ3) is 4.28. The number of hydrogen-bond donors (Lipinski definition) is 2. The van der Waals surface area contributed by atoms with Crippen LogP contribution < -0.4 is 5.32 Å². The number of nitrogens with one attached hydrogen (secondary N) is 1. The fourth-order valence-electron chi connectivity index (χ4n) is 2.04. The molecule has 1 unspecified atom stereocenters. The van der Waals surface area contributed by atoms with Gasteiger partial charge >= 0.3 is 5.97 Å². The second-order valence-corrected chi connectivity index (χ2v) is 5.91. The van der Waals surface area contributed by atoms with Gasteiger partial charge in [-0.15, -0.1) is 0 Å². The highest BCUT2D eigenvalue weighted by Gasteiger charge is 2.33. The third-order valence-electron chi connectivity index (χ3n) is 3.73. The van der Waals surface area contributed by atoms with Crippen LogP contribution in [0, 0.1) is 23.0 Å². The van der Waals surface area contributed by atoms with Crippen molar-refractivity contribution in [1.29, 1.82) is 0 Å². The fourth-order valence-corrected chi connectivity index (χ4v) is 2.04. The lowest BCUT2D eigenvalue weighted by molar-refractivity contribution is -0.384. The molecule has 0 aliphatic carbocycles. The number of benzene rings is 1. The average molecular weight is 308 g/mol. The van der Waals surface area contributed by atoms with Gasteiger partial charge in [0, 0.05) is 17.7 Å². The first kappa shape index (κ1) is 17.6. The van der Waals surface area contributed by atoms with Crippen molar-refractivity contribution in [1.82, 2.24) is 5.32 Å². The standard InChI is InChI=1S/C15H20N2O5/c1-9(2)15(4,8-13(18)19)16-14(20)11-5-10(3)6-12(7-11)17(21)22/h5-7,9H,8H2,1-4H3,(H,16,20)(H,18,19). The van der Waals surface area contributed by atoms with Gasteiger partial charge in [0.15, 0.2) is 0 Å². The van der Waals surface area contributed by atoms with E-state index in [1.54, 1.807) is 13.8 Å². The van der Waals surface area contributed by atoms with Crippen LogP contribution in [0.25, 0.3) is 0 Å². The number of amides is 1. The first-order valence-electron chi connectivity index (χ1n) is 6.85. The summed E-state index contributed by atoms with van der Waals surface area (Å²) in [6.07, 6.45) is -0.232. The van der Waals surface area contributed by atoms with E-state index < -0.39 is 22.3 Å². The van der Waals surface area contributed by atoms with Crippen molar-refractivity contribution in [3.63, 3.8) is 0 Å². The highest BCUT2D eigenvalue weighted by atomic mass is 16.6. The predicted molar refractivity (Wildman–Crippen MR) is 80.8 cm³/mol. The molecule has 0 heterocycles. The van der Waals surface area contributed by atoms with Crippen LogP contribution in [0.4, 0.5) is 5.69 Å². The topological polar surface area (TPSA) is 110 Å². The first-order chi connectivity index (χ1) is 10.0. The number of hydrogen-bond acceptors (Lipinski definition) is 4. The Balaban J connectivity index is 3.10. The van der Waals surface area contributed by atoms with Crippen molar-refractivity contribution in [2.75, 3.05) is 0 Å². The number of nitrogens with zero attached hydrogens (tertiary/aromatic N) is 1. The molecule has 2 N–H and O–H groups in total. The van der Waals surface area contributed by atoms with E-state index in [2.05, 4.69) is 5.32 Å². The monoisotopic (exact) mass is 308 g/mol. The zero-order chi connectivity index (χ0) is 17.1. The minimum atomic E-state index is -1.02. The number of nitro groups is 1. The summed E-state index contributed by atoms with van der Waals surface area (Å²) in [5.74, 6) is -1.66. The number of aryl methyl sites for hydroxylation is 1. The van der Waals surface area contributed by atoms with Crippen molar-refractivity contribution >= 4 is 17.6 Å². The Bertz CT molecular complexity index is 612. The third-order valence-corrected chi connectivity index (χ3v) is 3.73. The molecule has 0 bridgehead atoms. The number of nitro benzene ring substituents is 1. The Labute approximate surface area is 128 Å². The number of non-ortho nitro benzene ring substituents is 1. The number of carboxylic acids is 1. The van der Waals surface area contributed by atoms with Gasteiger partial charge in [0.2, 0.25) is 0 Å². The minimum Gasteiger partial charge on any atom is -0.481 e. The molecule has 0 saturated heterocycles. The van der Waals surface area contributed by atoms with E-state index >= 15 is 0 Å². The van der Waals surface area contributed by atoms with Crippen LogP contribution in [-0.4, -0.2) is 27.4 Å². The minimum absolute atomic E-state index is 0.118. The van der Waals surface area contributed by atoms with Gasteiger partial charge in [-0.3, -0.25) is 19.7 Å². The summed E-state index contributed by atoms with van der Waals surface area (Å²) in [5.41, 5.74) is -0.385. The van der Waals surface area contributed by atoms with E-state index in [0.29, 0.717) is 5.56 Å². The van der Waals surface area contributed by atoms with Gasteiger partial charge in [-0.05, 0) is 31.4 Å². The first-order valence-corrected chi connectivity index (χ1v) is 6.85. The number of aliphatic carboxylic acids is 1. The van der Waals surface area contributed by atoms with Crippen LogP contribution in [0.3, 0.4) is 0 Å². The van der Waals surface area contributed by atoms with E-state index in [1.165, 1.54) is 18.2 Å². The van der Waals surface area contributed by atoms with Crippen LogP contribution in [-0.2, 0) is 4.79 Å². The van der Waals surface area contributed by atoms with Crippen LogP contribution in [0.2, 0.25) is 0 Å². The van der Waals surface area contributed by atoms with Crippen LogP contribution in [0.1, 0.15) is 43.1 Å². The molecule has 1 amide bonds. The van der Waals surface area contributed by atoms with Crippen molar-refractivity contribution in [2.24, 2.45) is 5.92 Å². The van der Waals surface area contributed by atoms with Crippen LogP contribution in [0.5, 0.6) is 0 Å². The van der Waals surface area contributed by atoms with Crippen molar-refractivity contribution < 1.29 is 19.6 Å². The van der Waals surface area contributed by atoms with Gasteiger partial charge in [0.1, 0.15) is 0 Å². The van der Waals surface area contributed by atoms with Gasteiger partial charge < -0.3 is 10.4 Å². The molecule has 7 nitrogen and oxygen atoms in total. The molecule has 120 valence electrons. The molecule has 1 aromatic rings. The number of carbonyl (C=O) groups excluding carboxylic acids is 1. The maximum atomic E-state index is 12.3. The molecule has 0 radical (unpaired) electrons.